The highest BCUT2D eigenvalue weighted by molar-refractivity contribution is 6.99. The lowest BCUT2D eigenvalue weighted by Gasteiger charge is -2.47. The molecule has 0 amide bonds. The van der Waals surface area contributed by atoms with E-state index in [2.05, 4.69) is 45.0 Å². The van der Waals surface area contributed by atoms with Crippen molar-refractivity contribution in [3.05, 3.63) is 85.0 Å². The Morgan fingerprint density at radius 2 is 1.58 bits per heavy atom. The van der Waals surface area contributed by atoms with E-state index in [0.717, 1.165) is 10.4 Å². The maximum absolute atomic E-state index is 10.9. The molecule has 1 aliphatic heterocycles. The Bertz CT molecular complexity index is 868. The van der Waals surface area contributed by atoms with Gasteiger partial charge in [-0.3, -0.25) is 0 Å². The molecule has 1 aliphatic rings. The lowest BCUT2D eigenvalue weighted by atomic mass is 10.0. The van der Waals surface area contributed by atoms with Gasteiger partial charge in [-0.1, -0.05) is 99.7 Å². The topological polar surface area (TPSA) is 68.2 Å². The quantitative estimate of drug-likeness (QED) is 0.437. The molecule has 0 aromatic heterocycles. The van der Waals surface area contributed by atoms with E-state index in [0.29, 0.717) is 6.61 Å². The second kappa shape index (κ2) is 11.4. The maximum Gasteiger partial charge on any atom is 0.262 e. The maximum atomic E-state index is 10.9. The number of hydrogen-bond acceptors (Lipinski definition) is 5. The van der Waals surface area contributed by atoms with E-state index in [1.807, 2.05) is 55.5 Å². The minimum absolute atomic E-state index is 0.158. The summed E-state index contributed by atoms with van der Waals surface area (Å²) in [6.07, 6.45) is 4.15. The van der Waals surface area contributed by atoms with Crippen LogP contribution in [0.5, 0.6) is 0 Å². The van der Waals surface area contributed by atoms with Crippen molar-refractivity contribution in [2.24, 2.45) is 0 Å². The van der Waals surface area contributed by atoms with Crippen LogP contribution in [0.2, 0.25) is 5.04 Å². The summed E-state index contributed by atoms with van der Waals surface area (Å²) in [5, 5.41) is 22.2. The van der Waals surface area contributed by atoms with Crippen molar-refractivity contribution >= 4 is 18.7 Å². The number of hydrogen-bond donors (Lipinski definition) is 2. The van der Waals surface area contributed by atoms with Gasteiger partial charge in [-0.25, -0.2) is 0 Å². The monoisotopic (exact) mass is 468 g/mol. The van der Waals surface area contributed by atoms with Crippen LogP contribution in [0.3, 0.4) is 0 Å². The first-order valence-electron chi connectivity index (χ1n) is 11.5. The van der Waals surface area contributed by atoms with Crippen LogP contribution < -0.4 is 10.4 Å². The summed E-state index contributed by atoms with van der Waals surface area (Å²) in [7, 11) is -2.85. The molecule has 0 aliphatic carbocycles. The smallest absolute Gasteiger partial charge is 0.262 e. The van der Waals surface area contributed by atoms with Crippen LogP contribution in [-0.4, -0.2) is 56.3 Å². The highest BCUT2D eigenvalue weighted by Crippen LogP contribution is 2.39. The van der Waals surface area contributed by atoms with Crippen LogP contribution in [0.4, 0.5) is 0 Å². The van der Waals surface area contributed by atoms with Gasteiger partial charge in [-0.2, -0.15) is 0 Å². The zero-order valence-corrected chi connectivity index (χ0v) is 20.9. The van der Waals surface area contributed by atoms with Gasteiger partial charge in [0.25, 0.3) is 8.32 Å². The molecule has 3 rings (SSSR count). The molecule has 0 unspecified atom stereocenters. The summed E-state index contributed by atoms with van der Waals surface area (Å²) in [6, 6.07) is 20.8. The van der Waals surface area contributed by atoms with Crippen molar-refractivity contribution in [3.8, 4) is 0 Å². The number of rotatable bonds is 9. The standard InChI is InChI=1S/C27H36O5Si/c1-5-30-25-19-18-24(26(31-25)23(29)17-12-20-28)32-33(27(2,3)4,21-13-8-6-9-14-21)22-15-10-7-11-16-22/h6-19,23-26,28-29H,5,20H2,1-4H3/b17-12+/t23-,24-,25-,26+/m0/s1. The second-order valence-electron chi connectivity index (χ2n) is 9.16. The summed E-state index contributed by atoms with van der Waals surface area (Å²) in [5.41, 5.74) is 0. The van der Waals surface area contributed by atoms with E-state index >= 15 is 0 Å². The van der Waals surface area contributed by atoms with Gasteiger partial charge in [-0.15, -0.1) is 0 Å². The van der Waals surface area contributed by atoms with Gasteiger partial charge in [0.2, 0.25) is 0 Å². The zero-order chi connectivity index (χ0) is 23.9. The van der Waals surface area contributed by atoms with Gasteiger partial charge in [0, 0.05) is 6.61 Å². The molecule has 6 heteroatoms. The summed E-state index contributed by atoms with van der Waals surface area (Å²) in [6.45, 7) is 8.88. The van der Waals surface area contributed by atoms with Gasteiger partial charge < -0.3 is 24.1 Å². The third-order valence-electron chi connectivity index (χ3n) is 5.91. The van der Waals surface area contributed by atoms with E-state index in [4.69, 9.17) is 13.9 Å². The minimum atomic E-state index is -2.85. The lowest BCUT2D eigenvalue weighted by molar-refractivity contribution is -0.186. The highest BCUT2D eigenvalue weighted by Gasteiger charge is 2.52. The van der Waals surface area contributed by atoms with Crippen LogP contribution in [0, 0.1) is 0 Å². The predicted octanol–water partition coefficient (Wildman–Crippen LogP) is 3.16. The van der Waals surface area contributed by atoms with Crippen molar-refractivity contribution in [1.29, 1.82) is 0 Å². The van der Waals surface area contributed by atoms with E-state index in [1.54, 1.807) is 6.08 Å². The Labute approximate surface area is 198 Å². The zero-order valence-electron chi connectivity index (χ0n) is 19.9. The molecule has 0 radical (unpaired) electrons. The lowest BCUT2D eigenvalue weighted by Crippen LogP contribution is -2.69. The van der Waals surface area contributed by atoms with E-state index < -0.39 is 32.9 Å². The van der Waals surface area contributed by atoms with Crippen LogP contribution in [-0.2, 0) is 13.9 Å². The van der Waals surface area contributed by atoms with Crippen LogP contribution in [0.25, 0.3) is 0 Å². The molecule has 2 aromatic carbocycles. The predicted molar refractivity (Wildman–Crippen MR) is 134 cm³/mol. The van der Waals surface area contributed by atoms with Crippen molar-refractivity contribution < 1.29 is 24.1 Å². The van der Waals surface area contributed by atoms with Crippen LogP contribution in [0.15, 0.2) is 85.0 Å². The Balaban J connectivity index is 2.12. The SMILES string of the molecule is CCO[C@@H]1C=C[C@H](O[Si](c2ccccc2)(c2ccccc2)C(C)(C)C)[C@@H]([C@@H](O)/C=C/CO)O1. The number of benzene rings is 2. The van der Waals surface area contributed by atoms with Gasteiger partial charge >= 0.3 is 0 Å². The largest absolute Gasteiger partial charge is 0.398 e. The summed E-state index contributed by atoms with van der Waals surface area (Å²) in [5.74, 6) is 0. The van der Waals surface area contributed by atoms with E-state index in [9.17, 15) is 10.2 Å². The van der Waals surface area contributed by atoms with Crippen molar-refractivity contribution in [2.75, 3.05) is 13.2 Å². The number of ether oxygens (including phenoxy) is 2. The third-order valence-corrected chi connectivity index (χ3v) is 10.9. The molecule has 178 valence electrons. The summed E-state index contributed by atoms with van der Waals surface area (Å²) in [4.78, 5) is 0. The fourth-order valence-corrected chi connectivity index (χ4v) is 9.07. The van der Waals surface area contributed by atoms with E-state index in [-0.39, 0.29) is 11.6 Å². The average molecular weight is 469 g/mol. The molecule has 1 heterocycles. The summed E-state index contributed by atoms with van der Waals surface area (Å²) >= 11 is 0. The molecule has 0 bridgehead atoms. The van der Waals surface area contributed by atoms with Gasteiger partial charge in [-0.05, 0) is 28.4 Å². The number of aliphatic hydroxyl groups is 2. The van der Waals surface area contributed by atoms with Gasteiger partial charge in [0.1, 0.15) is 12.2 Å². The first-order chi connectivity index (χ1) is 15.8. The van der Waals surface area contributed by atoms with Crippen molar-refractivity contribution in [3.63, 3.8) is 0 Å². The van der Waals surface area contributed by atoms with Gasteiger partial charge in [0.15, 0.2) is 6.29 Å². The molecule has 2 N–H and O–H groups in total. The Kier molecular flexibility index (Phi) is 8.81. The molecule has 0 saturated carbocycles. The van der Waals surface area contributed by atoms with Crippen molar-refractivity contribution in [1.82, 2.24) is 0 Å². The normalized spacial score (nSPS) is 22.5. The molecule has 2 aromatic rings. The molecule has 4 atom stereocenters. The molecular weight excluding hydrogens is 432 g/mol. The Morgan fingerprint density at radius 3 is 2.06 bits per heavy atom. The Morgan fingerprint density at radius 1 is 1.00 bits per heavy atom. The van der Waals surface area contributed by atoms with Crippen molar-refractivity contribution in [2.45, 2.75) is 57.3 Å². The van der Waals surface area contributed by atoms with Crippen LogP contribution in [0.1, 0.15) is 27.7 Å². The molecule has 0 spiro atoms. The minimum Gasteiger partial charge on any atom is -0.398 e. The number of aliphatic hydroxyl groups excluding tert-OH is 2. The fraction of sp³-hybridized carbons (Fsp3) is 0.407. The average Bonchev–Trinajstić information content (AvgIpc) is 2.82. The second-order valence-corrected chi connectivity index (χ2v) is 13.4. The fourth-order valence-electron chi connectivity index (χ4n) is 4.43. The van der Waals surface area contributed by atoms with E-state index in [1.165, 1.54) is 6.08 Å². The first kappa shape index (κ1) is 25.6. The molecular formula is C27H36O5Si. The van der Waals surface area contributed by atoms with Gasteiger partial charge in [0.05, 0.1) is 12.7 Å². The molecule has 33 heavy (non-hydrogen) atoms. The van der Waals surface area contributed by atoms with Crippen LogP contribution >= 0.6 is 0 Å². The molecule has 0 fully saturated rings. The molecule has 5 nitrogen and oxygen atoms in total. The first-order valence-corrected chi connectivity index (χ1v) is 13.4. The molecule has 0 saturated heterocycles. The highest BCUT2D eigenvalue weighted by atomic mass is 28.4. The summed E-state index contributed by atoms with van der Waals surface area (Å²) < 4.78 is 18.9. The third kappa shape index (κ3) is 5.72. The Hall–Kier alpha value is -2.06.